The van der Waals surface area contributed by atoms with Gasteiger partial charge in [0.2, 0.25) is 5.78 Å². The molecule has 1 aromatic heterocycles. The summed E-state index contributed by atoms with van der Waals surface area (Å²) in [5.41, 5.74) is 7.52. The van der Waals surface area contributed by atoms with Gasteiger partial charge in [0, 0.05) is 10.9 Å². The third kappa shape index (κ3) is 2.58. The number of hydrogen-bond donors (Lipinski definition) is 1. The Balaban J connectivity index is 2.04. The summed E-state index contributed by atoms with van der Waals surface area (Å²) in [4.78, 5) is 12.6. The minimum Gasteiger partial charge on any atom is -0.453 e. The van der Waals surface area contributed by atoms with Crippen LogP contribution < -0.4 is 5.73 Å². The van der Waals surface area contributed by atoms with E-state index in [1.807, 2.05) is 12.1 Å². The van der Waals surface area contributed by atoms with E-state index < -0.39 is 0 Å². The SMILES string of the molecule is NCCc1ccccc1C(=O)c1cc2cc(F)ccc2o1. The van der Waals surface area contributed by atoms with Crippen molar-refractivity contribution in [3.63, 3.8) is 0 Å². The zero-order valence-corrected chi connectivity index (χ0v) is 11.3. The standard InChI is InChI=1S/C17H14FNO2/c18-13-5-6-15-12(9-13)10-16(21-15)17(20)14-4-2-1-3-11(14)7-8-19/h1-6,9-10H,7-8,19H2. The lowest BCUT2D eigenvalue weighted by Crippen LogP contribution is -2.09. The summed E-state index contributed by atoms with van der Waals surface area (Å²) in [6.45, 7) is 0.468. The average molecular weight is 283 g/mol. The molecular weight excluding hydrogens is 269 g/mol. The molecule has 4 heteroatoms. The number of halogens is 1. The summed E-state index contributed by atoms with van der Waals surface area (Å²) in [5.74, 6) is -0.360. The Morgan fingerprint density at radius 3 is 2.76 bits per heavy atom. The van der Waals surface area contributed by atoms with Gasteiger partial charge in [-0.1, -0.05) is 24.3 Å². The van der Waals surface area contributed by atoms with Crippen LogP contribution in [0.4, 0.5) is 4.39 Å². The second kappa shape index (κ2) is 5.50. The van der Waals surface area contributed by atoms with E-state index in [1.165, 1.54) is 18.2 Å². The van der Waals surface area contributed by atoms with Crippen molar-refractivity contribution in [3.05, 3.63) is 71.2 Å². The molecule has 0 radical (unpaired) electrons. The molecule has 106 valence electrons. The van der Waals surface area contributed by atoms with Crippen molar-refractivity contribution in [2.45, 2.75) is 6.42 Å². The van der Waals surface area contributed by atoms with Crippen LogP contribution in [0.1, 0.15) is 21.7 Å². The van der Waals surface area contributed by atoms with Crippen LogP contribution in [-0.4, -0.2) is 12.3 Å². The maximum atomic E-state index is 13.2. The number of benzene rings is 2. The van der Waals surface area contributed by atoms with E-state index in [0.29, 0.717) is 29.5 Å². The molecule has 3 aromatic rings. The molecule has 0 saturated carbocycles. The molecular formula is C17H14FNO2. The van der Waals surface area contributed by atoms with Crippen molar-refractivity contribution in [1.29, 1.82) is 0 Å². The van der Waals surface area contributed by atoms with Gasteiger partial charge in [0.15, 0.2) is 5.76 Å². The number of nitrogens with two attached hydrogens (primary N) is 1. The summed E-state index contributed by atoms with van der Waals surface area (Å²) in [6, 6.07) is 13.0. The van der Waals surface area contributed by atoms with Gasteiger partial charge in [0.25, 0.3) is 0 Å². The Morgan fingerprint density at radius 1 is 1.14 bits per heavy atom. The lowest BCUT2D eigenvalue weighted by Gasteiger charge is -2.05. The minimum absolute atomic E-state index is 0.208. The summed E-state index contributed by atoms with van der Waals surface area (Å²) in [5, 5.41) is 0.578. The van der Waals surface area contributed by atoms with Gasteiger partial charge < -0.3 is 10.2 Å². The highest BCUT2D eigenvalue weighted by Crippen LogP contribution is 2.23. The third-order valence-electron chi connectivity index (χ3n) is 3.38. The lowest BCUT2D eigenvalue weighted by atomic mass is 10.00. The van der Waals surface area contributed by atoms with Gasteiger partial charge in [-0.15, -0.1) is 0 Å². The fourth-order valence-electron chi connectivity index (χ4n) is 2.37. The topological polar surface area (TPSA) is 56.2 Å². The van der Waals surface area contributed by atoms with Crippen LogP contribution in [0.25, 0.3) is 11.0 Å². The van der Waals surface area contributed by atoms with Crippen molar-refractivity contribution >= 4 is 16.8 Å². The van der Waals surface area contributed by atoms with E-state index in [9.17, 15) is 9.18 Å². The number of carbonyl (C=O) groups excluding carboxylic acids is 1. The second-order valence-corrected chi connectivity index (χ2v) is 4.82. The molecule has 3 rings (SSSR count). The smallest absolute Gasteiger partial charge is 0.228 e. The molecule has 2 N–H and O–H groups in total. The van der Waals surface area contributed by atoms with Crippen molar-refractivity contribution in [3.8, 4) is 0 Å². The fourth-order valence-corrected chi connectivity index (χ4v) is 2.37. The first-order chi connectivity index (χ1) is 10.2. The maximum Gasteiger partial charge on any atom is 0.228 e. The molecule has 0 atom stereocenters. The van der Waals surface area contributed by atoms with Crippen molar-refractivity contribution < 1.29 is 13.6 Å². The first-order valence-electron chi connectivity index (χ1n) is 6.71. The Kier molecular flexibility index (Phi) is 3.54. The van der Waals surface area contributed by atoms with Gasteiger partial charge in [-0.25, -0.2) is 4.39 Å². The fraction of sp³-hybridized carbons (Fsp3) is 0.118. The van der Waals surface area contributed by atoms with Crippen LogP contribution in [0.2, 0.25) is 0 Å². The Bertz CT molecular complexity index is 807. The van der Waals surface area contributed by atoms with Crippen molar-refractivity contribution in [2.75, 3.05) is 6.54 Å². The molecule has 0 unspecified atom stereocenters. The third-order valence-corrected chi connectivity index (χ3v) is 3.38. The quantitative estimate of drug-likeness (QED) is 0.747. The first kappa shape index (κ1) is 13.5. The summed E-state index contributed by atoms with van der Waals surface area (Å²) in [7, 11) is 0. The summed E-state index contributed by atoms with van der Waals surface area (Å²) < 4.78 is 18.7. The van der Waals surface area contributed by atoms with Gasteiger partial charge in [-0.2, -0.15) is 0 Å². The molecule has 3 nitrogen and oxygen atoms in total. The van der Waals surface area contributed by atoms with E-state index in [4.69, 9.17) is 10.2 Å². The average Bonchev–Trinajstić information content (AvgIpc) is 2.90. The van der Waals surface area contributed by atoms with Crippen LogP contribution >= 0.6 is 0 Å². The largest absolute Gasteiger partial charge is 0.453 e. The number of furan rings is 1. The van der Waals surface area contributed by atoms with Crippen LogP contribution in [0.5, 0.6) is 0 Å². The number of rotatable bonds is 4. The van der Waals surface area contributed by atoms with Crippen LogP contribution in [0.15, 0.2) is 52.9 Å². The van der Waals surface area contributed by atoms with Crippen molar-refractivity contribution in [2.24, 2.45) is 5.73 Å². The van der Waals surface area contributed by atoms with Crippen LogP contribution in [0, 0.1) is 5.82 Å². The van der Waals surface area contributed by atoms with Gasteiger partial charge >= 0.3 is 0 Å². The molecule has 0 aliphatic heterocycles. The second-order valence-electron chi connectivity index (χ2n) is 4.82. The van der Waals surface area contributed by atoms with E-state index in [2.05, 4.69) is 0 Å². The van der Waals surface area contributed by atoms with Crippen LogP contribution in [0.3, 0.4) is 0 Å². The summed E-state index contributed by atoms with van der Waals surface area (Å²) in [6.07, 6.45) is 0.622. The Morgan fingerprint density at radius 2 is 1.95 bits per heavy atom. The predicted octanol–water partition coefficient (Wildman–Crippen LogP) is 3.30. The van der Waals surface area contributed by atoms with Gasteiger partial charge in [0.1, 0.15) is 11.4 Å². The lowest BCUT2D eigenvalue weighted by molar-refractivity contribution is 0.101. The monoisotopic (exact) mass is 283 g/mol. The summed E-state index contributed by atoms with van der Waals surface area (Å²) >= 11 is 0. The first-order valence-corrected chi connectivity index (χ1v) is 6.71. The molecule has 2 aromatic carbocycles. The van der Waals surface area contributed by atoms with Gasteiger partial charge in [-0.3, -0.25) is 4.79 Å². The van der Waals surface area contributed by atoms with Crippen LogP contribution in [-0.2, 0) is 6.42 Å². The molecule has 0 aliphatic rings. The van der Waals surface area contributed by atoms with Crippen molar-refractivity contribution in [1.82, 2.24) is 0 Å². The molecule has 0 bridgehead atoms. The highest BCUT2D eigenvalue weighted by atomic mass is 19.1. The molecule has 0 aliphatic carbocycles. The number of hydrogen-bond acceptors (Lipinski definition) is 3. The number of carbonyl (C=O) groups is 1. The van der Waals surface area contributed by atoms with E-state index in [-0.39, 0.29) is 17.4 Å². The highest BCUT2D eigenvalue weighted by Gasteiger charge is 2.17. The Hall–Kier alpha value is -2.46. The van der Waals surface area contributed by atoms with Gasteiger partial charge in [0.05, 0.1) is 0 Å². The Labute approximate surface area is 121 Å². The van der Waals surface area contributed by atoms with E-state index in [0.717, 1.165) is 5.56 Å². The maximum absolute atomic E-state index is 13.2. The molecule has 1 heterocycles. The molecule has 21 heavy (non-hydrogen) atoms. The zero-order chi connectivity index (χ0) is 14.8. The molecule has 0 fully saturated rings. The predicted molar refractivity (Wildman–Crippen MR) is 78.8 cm³/mol. The minimum atomic E-state index is -0.356. The number of ketones is 1. The number of fused-ring (bicyclic) bond motifs is 1. The van der Waals surface area contributed by atoms with Gasteiger partial charge in [-0.05, 0) is 42.8 Å². The zero-order valence-electron chi connectivity index (χ0n) is 11.3. The van der Waals surface area contributed by atoms with E-state index >= 15 is 0 Å². The van der Waals surface area contributed by atoms with E-state index in [1.54, 1.807) is 18.2 Å². The highest BCUT2D eigenvalue weighted by molar-refractivity contribution is 6.09. The normalized spacial score (nSPS) is 11.0. The molecule has 0 saturated heterocycles. The molecule has 0 spiro atoms. The molecule has 0 amide bonds.